The van der Waals surface area contributed by atoms with Crippen molar-refractivity contribution in [3.8, 4) is 0 Å². The fourth-order valence-corrected chi connectivity index (χ4v) is 3.85. The maximum atomic E-state index is 12.8. The van der Waals surface area contributed by atoms with Gasteiger partial charge in [-0.05, 0) is 30.7 Å². The number of carbonyl (C=O) groups excluding carboxylic acids is 3. The lowest BCUT2D eigenvalue weighted by atomic mass is 10.1. The average molecular weight is 405 g/mol. The van der Waals surface area contributed by atoms with Gasteiger partial charge in [0.1, 0.15) is 6.04 Å². The van der Waals surface area contributed by atoms with E-state index in [1.165, 1.54) is 11.0 Å². The summed E-state index contributed by atoms with van der Waals surface area (Å²) < 4.78 is 5.40. The highest BCUT2D eigenvalue weighted by Crippen LogP contribution is 2.38. The summed E-state index contributed by atoms with van der Waals surface area (Å²) in [6.45, 7) is 0. The fraction of sp³-hybridized carbons (Fsp3) is 0.211. The SMILES string of the molecule is O=C1O[C@@H](N2C(=O)CC[C@@H]2C(=O)Nc2ccc(Cl)cc2Cl)c2ccccc21. The number of nitrogens with zero attached hydrogens (tertiary/aromatic N) is 1. The van der Waals surface area contributed by atoms with E-state index in [0.29, 0.717) is 33.3 Å². The molecule has 0 unspecified atom stereocenters. The number of amides is 2. The Hall–Kier alpha value is -2.57. The third-order valence-electron chi connectivity index (χ3n) is 4.67. The first-order chi connectivity index (χ1) is 13.0. The highest BCUT2D eigenvalue weighted by atomic mass is 35.5. The van der Waals surface area contributed by atoms with E-state index in [4.69, 9.17) is 27.9 Å². The van der Waals surface area contributed by atoms with Crippen molar-refractivity contribution in [1.82, 2.24) is 4.90 Å². The van der Waals surface area contributed by atoms with Crippen molar-refractivity contribution >= 4 is 46.7 Å². The molecule has 1 N–H and O–H groups in total. The Labute approximate surface area is 165 Å². The lowest BCUT2D eigenvalue weighted by Gasteiger charge is -2.29. The zero-order valence-electron chi connectivity index (χ0n) is 13.9. The second-order valence-corrected chi connectivity index (χ2v) is 7.16. The number of hydrogen-bond donors (Lipinski definition) is 1. The van der Waals surface area contributed by atoms with E-state index in [2.05, 4.69) is 5.32 Å². The third kappa shape index (κ3) is 3.15. The van der Waals surface area contributed by atoms with Crippen LogP contribution in [0, 0.1) is 0 Å². The van der Waals surface area contributed by atoms with Crippen LogP contribution in [-0.2, 0) is 14.3 Å². The Morgan fingerprint density at radius 3 is 2.70 bits per heavy atom. The summed E-state index contributed by atoms with van der Waals surface area (Å²) in [7, 11) is 0. The van der Waals surface area contributed by atoms with E-state index in [-0.39, 0.29) is 12.3 Å². The summed E-state index contributed by atoms with van der Waals surface area (Å²) in [4.78, 5) is 38.7. The van der Waals surface area contributed by atoms with Crippen molar-refractivity contribution in [2.45, 2.75) is 25.1 Å². The predicted molar refractivity (Wildman–Crippen MR) is 99.6 cm³/mol. The Kier molecular flexibility index (Phi) is 4.53. The molecule has 2 heterocycles. The molecular formula is C19H14Cl2N2O4. The highest BCUT2D eigenvalue weighted by molar-refractivity contribution is 6.36. The number of cyclic esters (lactones) is 1. The first-order valence-corrected chi connectivity index (χ1v) is 9.08. The van der Waals surface area contributed by atoms with E-state index >= 15 is 0 Å². The maximum Gasteiger partial charge on any atom is 0.340 e. The number of esters is 1. The second kappa shape index (κ2) is 6.87. The Balaban J connectivity index is 1.60. The Morgan fingerprint density at radius 2 is 1.93 bits per heavy atom. The van der Waals surface area contributed by atoms with Gasteiger partial charge in [-0.25, -0.2) is 4.79 Å². The van der Waals surface area contributed by atoms with Gasteiger partial charge in [-0.1, -0.05) is 41.4 Å². The second-order valence-electron chi connectivity index (χ2n) is 6.31. The number of benzene rings is 2. The summed E-state index contributed by atoms with van der Waals surface area (Å²) in [5, 5.41) is 3.47. The van der Waals surface area contributed by atoms with Crippen LogP contribution in [0.4, 0.5) is 5.69 Å². The van der Waals surface area contributed by atoms with Crippen LogP contribution in [0.3, 0.4) is 0 Å². The van der Waals surface area contributed by atoms with E-state index in [0.717, 1.165) is 0 Å². The van der Waals surface area contributed by atoms with E-state index < -0.39 is 24.1 Å². The van der Waals surface area contributed by atoms with E-state index in [1.807, 2.05) is 0 Å². The Morgan fingerprint density at radius 1 is 1.15 bits per heavy atom. The van der Waals surface area contributed by atoms with Gasteiger partial charge in [-0.3, -0.25) is 14.5 Å². The molecule has 2 aromatic rings. The number of nitrogens with one attached hydrogen (secondary N) is 1. The van der Waals surface area contributed by atoms with Crippen LogP contribution in [0.15, 0.2) is 42.5 Å². The summed E-state index contributed by atoms with van der Waals surface area (Å²) in [5.74, 6) is -1.15. The molecule has 2 amide bonds. The molecule has 0 saturated carbocycles. The topological polar surface area (TPSA) is 75.7 Å². The largest absolute Gasteiger partial charge is 0.433 e. The van der Waals surface area contributed by atoms with Crippen molar-refractivity contribution < 1.29 is 19.1 Å². The zero-order valence-corrected chi connectivity index (χ0v) is 15.5. The number of anilines is 1. The minimum atomic E-state index is -0.903. The molecule has 2 aromatic carbocycles. The van der Waals surface area contributed by atoms with Gasteiger partial charge in [0.25, 0.3) is 0 Å². The maximum absolute atomic E-state index is 12.8. The molecule has 0 aliphatic carbocycles. The van der Waals surface area contributed by atoms with Gasteiger partial charge in [0.2, 0.25) is 18.0 Å². The molecule has 27 heavy (non-hydrogen) atoms. The molecular weight excluding hydrogens is 391 g/mol. The highest BCUT2D eigenvalue weighted by Gasteiger charge is 2.46. The molecule has 2 atom stereocenters. The zero-order chi connectivity index (χ0) is 19.1. The van der Waals surface area contributed by atoms with Crippen LogP contribution in [0.5, 0.6) is 0 Å². The lowest BCUT2D eigenvalue weighted by molar-refractivity contribution is -0.144. The number of rotatable bonds is 3. The summed E-state index contributed by atoms with van der Waals surface area (Å²) in [5.41, 5.74) is 1.39. The van der Waals surface area contributed by atoms with Gasteiger partial charge >= 0.3 is 5.97 Å². The van der Waals surface area contributed by atoms with Crippen LogP contribution < -0.4 is 5.32 Å². The molecule has 4 rings (SSSR count). The van der Waals surface area contributed by atoms with Gasteiger partial charge in [0.15, 0.2) is 0 Å². The molecule has 0 radical (unpaired) electrons. The smallest absolute Gasteiger partial charge is 0.340 e. The minimum Gasteiger partial charge on any atom is -0.433 e. The first-order valence-electron chi connectivity index (χ1n) is 8.32. The lowest BCUT2D eigenvalue weighted by Crippen LogP contribution is -2.43. The number of hydrogen-bond acceptors (Lipinski definition) is 4. The molecule has 6 nitrogen and oxygen atoms in total. The number of halogens is 2. The van der Waals surface area contributed by atoms with Gasteiger partial charge < -0.3 is 10.1 Å². The summed E-state index contributed by atoms with van der Waals surface area (Å²) in [6, 6.07) is 10.8. The first kappa shape index (κ1) is 17.8. The van der Waals surface area contributed by atoms with Crippen LogP contribution in [0.2, 0.25) is 10.0 Å². The molecule has 0 aromatic heterocycles. The van der Waals surface area contributed by atoms with Crippen molar-refractivity contribution in [1.29, 1.82) is 0 Å². The van der Waals surface area contributed by atoms with Crippen molar-refractivity contribution in [3.05, 3.63) is 63.6 Å². The number of ether oxygens (including phenoxy) is 1. The van der Waals surface area contributed by atoms with Gasteiger partial charge in [0, 0.05) is 17.0 Å². The predicted octanol–water partition coefficient (Wildman–Crippen LogP) is 3.79. The minimum absolute atomic E-state index is 0.197. The van der Waals surface area contributed by atoms with Crippen LogP contribution in [0.1, 0.15) is 35.0 Å². The summed E-state index contributed by atoms with van der Waals surface area (Å²) >= 11 is 12.0. The standard InChI is InChI=1S/C19H14Cl2N2O4/c20-10-5-6-14(13(21)9-10)22-17(25)15-7-8-16(24)23(15)18-11-3-1-2-4-12(11)19(26)27-18/h1-6,9,15,18H,7-8H2,(H,22,25)/t15-,18-/m1/s1. The molecule has 2 aliphatic rings. The molecule has 1 fully saturated rings. The molecule has 1 saturated heterocycles. The van der Waals surface area contributed by atoms with Crippen LogP contribution >= 0.6 is 23.2 Å². The van der Waals surface area contributed by atoms with E-state index in [9.17, 15) is 14.4 Å². The molecule has 2 aliphatic heterocycles. The van der Waals surface area contributed by atoms with Crippen LogP contribution in [-0.4, -0.2) is 28.7 Å². The normalized spacial score (nSPS) is 21.2. The molecule has 8 heteroatoms. The van der Waals surface area contributed by atoms with E-state index in [1.54, 1.807) is 36.4 Å². The average Bonchev–Trinajstić information content (AvgIpc) is 3.18. The van der Waals surface area contributed by atoms with Gasteiger partial charge in [0.05, 0.1) is 16.3 Å². The number of carbonyl (C=O) groups is 3. The molecule has 0 bridgehead atoms. The molecule has 0 spiro atoms. The van der Waals surface area contributed by atoms with Gasteiger partial charge in [-0.2, -0.15) is 0 Å². The quantitative estimate of drug-likeness (QED) is 0.789. The van der Waals surface area contributed by atoms with Gasteiger partial charge in [-0.15, -0.1) is 0 Å². The third-order valence-corrected chi connectivity index (χ3v) is 5.21. The van der Waals surface area contributed by atoms with Crippen molar-refractivity contribution in [3.63, 3.8) is 0 Å². The number of likely N-dealkylation sites (tertiary alicyclic amines) is 1. The monoisotopic (exact) mass is 404 g/mol. The number of fused-ring (bicyclic) bond motifs is 1. The molecule has 138 valence electrons. The summed E-state index contributed by atoms with van der Waals surface area (Å²) in [6.07, 6.45) is -0.380. The van der Waals surface area contributed by atoms with Crippen LogP contribution in [0.25, 0.3) is 0 Å². The van der Waals surface area contributed by atoms with Crippen molar-refractivity contribution in [2.24, 2.45) is 0 Å². The fourth-order valence-electron chi connectivity index (χ4n) is 3.39. The Bertz CT molecular complexity index is 962. The van der Waals surface area contributed by atoms with Crippen molar-refractivity contribution in [2.75, 3.05) is 5.32 Å².